The molecule has 0 bridgehead atoms. The molecule has 3 rings (SSSR count). The first-order valence-corrected chi connectivity index (χ1v) is 6.48. The molecule has 1 aromatic heterocycles. The highest BCUT2D eigenvalue weighted by molar-refractivity contribution is 5.98. The Hall–Kier alpha value is -1.82. The van der Waals surface area contributed by atoms with E-state index in [2.05, 4.69) is 5.32 Å². The number of carboxylic acids is 1. The molecule has 2 N–H and O–H groups in total. The zero-order valence-electron chi connectivity index (χ0n) is 10.5. The fraction of sp³-hybridized carbons (Fsp3) is 0.538. The Balaban J connectivity index is 1.86. The lowest BCUT2D eigenvalue weighted by molar-refractivity contribution is 0.0656. The molecule has 0 unspecified atom stereocenters. The Labute approximate surface area is 110 Å². The minimum atomic E-state index is -1.02. The molecule has 0 atom stereocenters. The van der Waals surface area contributed by atoms with Gasteiger partial charge in [-0.1, -0.05) is 0 Å². The van der Waals surface area contributed by atoms with Gasteiger partial charge in [0.15, 0.2) is 0 Å². The van der Waals surface area contributed by atoms with Gasteiger partial charge >= 0.3 is 5.97 Å². The topological polar surface area (TPSA) is 80.6 Å². The van der Waals surface area contributed by atoms with Gasteiger partial charge in [0.1, 0.15) is 5.69 Å². The molecule has 102 valence electrons. The molecule has 0 spiro atoms. The third kappa shape index (κ3) is 2.35. The maximum Gasteiger partial charge on any atom is 0.337 e. The Bertz CT molecular complexity index is 531. The van der Waals surface area contributed by atoms with E-state index in [1.807, 2.05) is 0 Å². The monoisotopic (exact) mass is 264 g/mol. The SMILES string of the molecule is O=C(O)c1cc(C(=O)NCC2CC2)n2c1COCC2. The molecule has 19 heavy (non-hydrogen) atoms. The Morgan fingerprint density at radius 3 is 2.95 bits per heavy atom. The molecule has 1 aliphatic heterocycles. The molecule has 1 aliphatic carbocycles. The summed E-state index contributed by atoms with van der Waals surface area (Å²) >= 11 is 0. The number of carboxylic acid groups (broad SMARTS) is 1. The van der Waals surface area contributed by atoms with Crippen LogP contribution in [0.1, 0.15) is 39.4 Å². The summed E-state index contributed by atoms with van der Waals surface area (Å²) in [5, 5.41) is 12.0. The molecule has 0 saturated heterocycles. The smallest absolute Gasteiger partial charge is 0.337 e. The largest absolute Gasteiger partial charge is 0.478 e. The summed E-state index contributed by atoms with van der Waals surface area (Å²) in [4.78, 5) is 23.3. The first-order valence-electron chi connectivity index (χ1n) is 6.48. The van der Waals surface area contributed by atoms with Crippen molar-refractivity contribution in [2.24, 2.45) is 5.92 Å². The second kappa shape index (κ2) is 4.70. The summed E-state index contributed by atoms with van der Waals surface area (Å²) in [6, 6.07) is 1.45. The van der Waals surface area contributed by atoms with Gasteiger partial charge in [0.25, 0.3) is 5.91 Å². The molecular formula is C13H16N2O4. The predicted octanol–water partition coefficient (Wildman–Crippen LogP) is 0.856. The highest BCUT2D eigenvalue weighted by Gasteiger charge is 2.27. The number of ether oxygens (including phenoxy) is 1. The molecule has 1 saturated carbocycles. The maximum absolute atomic E-state index is 12.1. The highest BCUT2D eigenvalue weighted by atomic mass is 16.5. The van der Waals surface area contributed by atoms with Crippen LogP contribution in [0.3, 0.4) is 0 Å². The van der Waals surface area contributed by atoms with Crippen LogP contribution in [0, 0.1) is 5.92 Å². The molecule has 1 amide bonds. The van der Waals surface area contributed by atoms with Crippen molar-refractivity contribution >= 4 is 11.9 Å². The number of aromatic carboxylic acids is 1. The molecule has 6 heteroatoms. The third-order valence-electron chi connectivity index (χ3n) is 3.62. The Morgan fingerprint density at radius 2 is 2.26 bits per heavy atom. The van der Waals surface area contributed by atoms with E-state index in [1.165, 1.54) is 18.9 Å². The highest BCUT2D eigenvalue weighted by Crippen LogP contribution is 2.28. The lowest BCUT2D eigenvalue weighted by Gasteiger charge is -2.18. The molecule has 2 heterocycles. The van der Waals surface area contributed by atoms with Crippen molar-refractivity contribution in [2.45, 2.75) is 26.0 Å². The fourth-order valence-electron chi connectivity index (χ4n) is 2.35. The van der Waals surface area contributed by atoms with Gasteiger partial charge < -0.3 is 19.7 Å². The Morgan fingerprint density at radius 1 is 1.47 bits per heavy atom. The van der Waals surface area contributed by atoms with Crippen LogP contribution in [-0.2, 0) is 17.9 Å². The summed E-state index contributed by atoms with van der Waals surface area (Å²) in [7, 11) is 0. The summed E-state index contributed by atoms with van der Waals surface area (Å²) < 4.78 is 7.03. The van der Waals surface area contributed by atoms with Gasteiger partial charge in [-0.05, 0) is 24.8 Å². The number of hydrogen-bond donors (Lipinski definition) is 2. The average molecular weight is 264 g/mol. The first-order chi connectivity index (χ1) is 9.16. The molecule has 6 nitrogen and oxygen atoms in total. The van der Waals surface area contributed by atoms with Crippen molar-refractivity contribution in [3.05, 3.63) is 23.0 Å². The molecule has 1 fully saturated rings. The minimum absolute atomic E-state index is 0.163. The van der Waals surface area contributed by atoms with Gasteiger partial charge in [-0.3, -0.25) is 4.79 Å². The van der Waals surface area contributed by atoms with Gasteiger partial charge in [-0.15, -0.1) is 0 Å². The van der Waals surface area contributed by atoms with Crippen molar-refractivity contribution < 1.29 is 19.4 Å². The van der Waals surface area contributed by atoms with Crippen molar-refractivity contribution in [3.63, 3.8) is 0 Å². The van der Waals surface area contributed by atoms with Crippen LogP contribution in [0.4, 0.5) is 0 Å². The summed E-state index contributed by atoms with van der Waals surface area (Å²) in [6.45, 7) is 1.95. The number of aromatic nitrogens is 1. The van der Waals surface area contributed by atoms with E-state index >= 15 is 0 Å². The van der Waals surface area contributed by atoms with Crippen molar-refractivity contribution in [3.8, 4) is 0 Å². The first kappa shape index (κ1) is 12.2. The van der Waals surface area contributed by atoms with Crippen molar-refractivity contribution in [1.82, 2.24) is 9.88 Å². The fourth-order valence-corrected chi connectivity index (χ4v) is 2.35. The second-order valence-corrected chi connectivity index (χ2v) is 5.05. The number of carbonyl (C=O) groups excluding carboxylic acids is 1. The van der Waals surface area contributed by atoms with E-state index in [1.54, 1.807) is 4.57 Å². The van der Waals surface area contributed by atoms with E-state index in [9.17, 15) is 9.59 Å². The predicted molar refractivity (Wildman–Crippen MR) is 66.1 cm³/mol. The quantitative estimate of drug-likeness (QED) is 0.845. The molecule has 1 aromatic rings. The number of rotatable bonds is 4. The molecule has 0 radical (unpaired) electrons. The molecular weight excluding hydrogens is 248 g/mol. The number of nitrogens with zero attached hydrogens (tertiary/aromatic N) is 1. The van der Waals surface area contributed by atoms with Crippen molar-refractivity contribution in [2.75, 3.05) is 13.2 Å². The Kier molecular flexibility index (Phi) is 3.02. The van der Waals surface area contributed by atoms with Gasteiger partial charge in [-0.25, -0.2) is 4.79 Å². The van der Waals surface area contributed by atoms with Crippen LogP contribution in [0.15, 0.2) is 6.07 Å². The second-order valence-electron chi connectivity index (χ2n) is 5.05. The zero-order chi connectivity index (χ0) is 13.4. The van der Waals surface area contributed by atoms with Crippen LogP contribution >= 0.6 is 0 Å². The van der Waals surface area contributed by atoms with Gasteiger partial charge in [0, 0.05) is 13.1 Å². The minimum Gasteiger partial charge on any atom is -0.478 e. The number of fused-ring (bicyclic) bond motifs is 1. The zero-order valence-corrected chi connectivity index (χ0v) is 10.5. The summed E-state index contributed by atoms with van der Waals surface area (Å²) in [5.41, 5.74) is 1.17. The van der Waals surface area contributed by atoms with Gasteiger partial charge in [0.05, 0.1) is 24.5 Å². The number of nitrogens with one attached hydrogen (secondary N) is 1. The van der Waals surface area contributed by atoms with Crippen LogP contribution in [0.5, 0.6) is 0 Å². The van der Waals surface area contributed by atoms with Crippen molar-refractivity contribution in [1.29, 1.82) is 0 Å². The normalized spacial score (nSPS) is 17.9. The van der Waals surface area contributed by atoms with E-state index < -0.39 is 5.97 Å². The van der Waals surface area contributed by atoms with Crippen LogP contribution in [0.25, 0.3) is 0 Å². The number of carbonyl (C=O) groups is 2. The van der Waals surface area contributed by atoms with Gasteiger partial charge in [-0.2, -0.15) is 0 Å². The van der Waals surface area contributed by atoms with Crippen LogP contribution in [0.2, 0.25) is 0 Å². The van der Waals surface area contributed by atoms with Crippen LogP contribution < -0.4 is 5.32 Å². The summed E-state index contributed by atoms with van der Waals surface area (Å²) in [5.74, 6) is -0.611. The number of amides is 1. The average Bonchev–Trinajstić information content (AvgIpc) is 3.14. The van der Waals surface area contributed by atoms with E-state index in [-0.39, 0.29) is 18.1 Å². The number of hydrogen-bond acceptors (Lipinski definition) is 3. The van der Waals surface area contributed by atoms with Crippen LogP contribution in [-0.4, -0.2) is 34.7 Å². The summed E-state index contributed by atoms with van der Waals surface area (Å²) in [6.07, 6.45) is 2.33. The van der Waals surface area contributed by atoms with E-state index in [0.717, 1.165) is 0 Å². The van der Waals surface area contributed by atoms with E-state index in [4.69, 9.17) is 9.84 Å². The van der Waals surface area contributed by atoms with Gasteiger partial charge in [0.2, 0.25) is 0 Å². The maximum atomic E-state index is 12.1. The molecule has 2 aliphatic rings. The van der Waals surface area contributed by atoms with E-state index in [0.29, 0.717) is 37.0 Å². The lowest BCUT2D eigenvalue weighted by atomic mass is 10.2. The lowest BCUT2D eigenvalue weighted by Crippen LogP contribution is -2.29. The standard InChI is InChI=1S/C13H16N2O4/c16-12(14-6-8-1-2-8)10-5-9(13(17)18)11-7-19-4-3-15(10)11/h5,8H,1-4,6-7H2,(H,14,16)(H,17,18). The third-order valence-corrected chi connectivity index (χ3v) is 3.62. The molecule has 0 aromatic carbocycles.